The number of rotatable bonds is 6. The summed E-state index contributed by atoms with van der Waals surface area (Å²) in [5, 5.41) is 9.02. The van der Waals surface area contributed by atoms with Gasteiger partial charge in [-0.25, -0.2) is 0 Å². The van der Waals surface area contributed by atoms with Crippen molar-refractivity contribution in [1.29, 1.82) is 0 Å². The van der Waals surface area contributed by atoms with Gasteiger partial charge in [-0.05, 0) is 37.1 Å². The summed E-state index contributed by atoms with van der Waals surface area (Å²) in [6.07, 6.45) is 6.14. The van der Waals surface area contributed by atoms with E-state index in [9.17, 15) is 9.59 Å². The van der Waals surface area contributed by atoms with Crippen LogP contribution in [0.5, 0.6) is 0 Å². The average molecular weight is 317 g/mol. The van der Waals surface area contributed by atoms with Crippen LogP contribution in [0.3, 0.4) is 0 Å². The van der Waals surface area contributed by atoms with Crippen LogP contribution < -0.4 is 16.0 Å². The molecule has 5 nitrogen and oxygen atoms in total. The van der Waals surface area contributed by atoms with Gasteiger partial charge in [-0.1, -0.05) is 33.1 Å². The van der Waals surface area contributed by atoms with Gasteiger partial charge in [0.2, 0.25) is 11.8 Å². The van der Waals surface area contributed by atoms with Crippen LogP contribution >= 0.6 is 0 Å². The van der Waals surface area contributed by atoms with E-state index in [1.54, 1.807) is 24.3 Å². The minimum atomic E-state index is -0.0553. The lowest BCUT2D eigenvalue weighted by atomic mass is 9.95. The molecule has 2 rings (SSSR count). The molecule has 0 bridgehead atoms. The average Bonchev–Trinajstić information content (AvgIpc) is 2.55. The summed E-state index contributed by atoms with van der Waals surface area (Å²) in [5.41, 5.74) is 1.48. The quantitative estimate of drug-likeness (QED) is 0.755. The fraction of sp³-hybridized carbons (Fsp3) is 0.556. The van der Waals surface area contributed by atoms with Crippen molar-refractivity contribution in [3.05, 3.63) is 24.3 Å². The summed E-state index contributed by atoms with van der Waals surface area (Å²) < 4.78 is 0. The van der Waals surface area contributed by atoms with Crippen molar-refractivity contribution in [1.82, 2.24) is 5.32 Å². The van der Waals surface area contributed by atoms with E-state index in [2.05, 4.69) is 16.0 Å². The van der Waals surface area contributed by atoms with Gasteiger partial charge in [0.1, 0.15) is 0 Å². The van der Waals surface area contributed by atoms with E-state index < -0.39 is 0 Å². The second kappa shape index (κ2) is 8.67. The molecule has 0 aliphatic heterocycles. The van der Waals surface area contributed by atoms with Crippen molar-refractivity contribution in [2.24, 2.45) is 5.92 Å². The van der Waals surface area contributed by atoms with Gasteiger partial charge in [0.25, 0.3) is 0 Å². The number of nitrogens with one attached hydrogen (secondary N) is 3. The van der Waals surface area contributed by atoms with Crippen molar-refractivity contribution in [2.75, 3.05) is 17.2 Å². The lowest BCUT2D eigenvalue weighted by Crippen LogP contribution is -2.37. The number of anilines is 2. The molecule has 1 aromatic rings. The molecule has 0 spiro atoms. The fourth-order valence-corrected chi connectivity index (χ4v) is 2.67. The normalized spacial score (nSPS) is 15.4. The predicted molar refractivity (Wildman–Crippen MR) is 93.4 cm³/mol. The van der Waals surface area contributed by atoms with Gasteiger partial charge in [-0.3, -0.25) is 9.59 Å². The molecule has 3 N–H and O–H groups in total. The SMILES string of the molecule is CC(C)C(=O)Nc1ccc(NC(=O)CNC2CCCCC2)cc1. The Morgan fingerprint density at radius 2 is 1.57 bits per heavy atom. The van der Waals surface area contributed by atoms with Crippen molar-refractivity contribution < 1.29 is 9.59 Å². The maximum atomic E-state index is 12.0. The van der Waals surface area contributed by atoms with E-state index in [0.29, 0.717) is 12.6 Å². The number of hydrogen-bond donors (Lipinski definition) is 3. The molecule has 23 heavy (non-hydrogen) atoms. The molecule has 0 unspecified atom stereocenters. The van der Waals surface area contributed by atoms with E-state index >= 15 is 0 Å². The Hall–Kier alpha value is -1.88. The zero-order valence-corrected chi connectivity index (χ0v) is 14.0. The number of carbonyl (C=O) groups is 2. The standard InChI is InChI=1S/C18H27N3O2/c1-13(2)18(23)21-16-10-8-15(9-11-16)20-17(22)12-19-14-6-4-3-5-7-14/h8-11,13-14,19H,3-7,12H2,1-2H3,(H,20,22)(H,21,23). The summed E-state index contributed by atoms with van der Waals surface area (Å²) >= 11 is 0. The van der Waals surface area contributed by atoms with Crippen LogP contribution in [-0.4, -0.2) is 24.4 Å². The lowest BCUT2D eigenvalue weighted by Gasteiger charge is -2.22. The van der Waals surface area contributed by atoms with Crippen LogP contribution in [0.1, 0.15) is 46.0 Å². The van der Waals surface area contributed by atoms with E-state index in [-0.39, 0.29) is 17.7 Å². The minimum absolute atomic E-state index is 0.0153. The third-order valence-electron chi connectivity index (χ3n) is 4.12. The zero-order valence-electron chi connectivity index (χ0n) is 14.0. The Kier molecular flexibility index (Phi) is 6.59. The first-order valence-electron chi connectivity index (χ1n) is 8.49. The molecule has 1 fully saturated rings. The molecule has 0 atom stereocenters. The van der Waals surface area contributed by atoms with Gasteiger partial charge in [-0.2, -0.15) is 0 Å². The number of amides is 2. The van der Waals surface area contributed by atoms with E-state index in [4.69, 9.17) is 0 Å². The summed E-state index contributed by atoms with van der Waals surface area (Å²) in [4.78, 5) is 23.6. The van der Waals surface area contributed by atoms with Crippen molar-refractivity contribution >= 4 is 23.2 Å². The Labute approximate surface area is 138 Å². The molecule has 1 saturated carbocycles. The molecule has 0 saturated heterocycles. The first-order chi connectivity index (χ1) is 11.0. The molecule has 1 aliphatic carbocycles. The number of carbonyl (C=O) groups excluding carboxylic acids is 2. The smallest absolute Gasteiger partial charge is 0.238 e. The van der Waals surface area contributed by atoms with Crippen molar-refractivity contribution in [3.63, 3.8) is 0 Å². The van der Waals surface area contributed by atoms with Gasteiger partial charge in [0.15, 0.2) is 0 Å². The van der Waals surface area contributed by atoms with Gasteiger partial charge >= 0.3 is 0 Å². The molecular weight excluding hydrogens is 290 g/mol. The van der Waals surface area contributed by atoms with Crippen molar-refractivity contribution in [3.8, 4) is 0 Å². The van der Waals surface area contributed by atoms with Crippen molar-refractivity contribution in [2.45, 2.75) is 52.0 Å². The van der Waals surface area contributed by atoms with Crippen LogP contribution in [0.15, 0.2) is 24.3 Å². The molecule has 0 heterocycles. The molecule has 126 valence electrons. The molecule has 0 aromatic heterocycles. The highest BCUT2D eigenvalue weighted by Crippen LogP contribution is 2.17. The third-order valence-corrected chi connectivity index (χ3v) is 4.12. The van der Waals surface area contributed by atoms with E-state index in [0.717, 1.165) is 24.2 Å². The molecule has 0 radical (unpaired) electrons. The summed E-state index contributed by atoms with van der Waals surface area (Å²) in [5.74, 6) is -0.103. The van der Waals surface area contributed by atoms with Crippen LogP contribution in [0, 0.1) is 5.92 Å². The second-order valence-electron chi connectivity index (χ2n) is 6.49. The van der Waals surface area contributed by atoms with Gasteiger partial charge in [-0.15, -0.1) is 0 Å². The highest BCUT2D eigenvalue weighted by atomic mass is 16.2. The third kappa shape index (κ3) is 6.02. The monoisotopic (exact) mass is 317 g/mol. The van der Waals surface area contributed by atoms with Crippen LogP contribution in [0.4, 0.5) is 11.4 Å². The molecule has 1 aromatic carbocycles. The first-order valence-corrected chi connectivity index (χ1v) is 8.49. The first kappa shape index (κ1) is 17.5. The Morgan fingerprint density at radius 3 is 2.13 bits per heavy atom. The van der Waals surface area contributed by atoms with Crippen LogP contribution in [0.2, 0.25) is 0 Å². The highest BCUT2D eigenvalue weighted by molar-refractivity contribution is 5.94. The van der Waals surface area contributed by atoms with Gasteiger partial charge in [0.05, 0.1) is 6.54 Å². The van der Waals surface area contributed by atoms with Crippen LogP contribution in [0.25, 0.3) is 0 Å². The van der Waals surface area contributed by atoms with E-state index in [1.165, 1.54) is 19.3 Å². The summed E-state index contributed by atoms with van der Waals surface area (Å²) in [6, 6.07) is 7.67. The maximum absolute atomic E-state index is 12.0. The molecular formula is C18H27N3O2. The fourth-order valence-electron chi connectivity index (χ4n) is 2.67. The largest absolute Gasteiger partial charge is 0.326 e. The minimum Gasteiger partial charge on any atom is -0.326 e. The van der Waals surface area contributed by atoms with Gasteiger partial charge < -0.3 is 16.0 Å². The Bertz CT molecular complexity index is 520. The van der Waals surface area contributed by atoms with Gasteiger partial charge in [0, 0.05) is 23.3 Å². The van der Waals surface area contributed by atoms with Crippen LogP contribution in [-0.2, 0) is 9.59 Å². The maximum Gasteiger partial charge on any atom is 0.238 e. The highest BCUT2D eigenvalue weighted by Gasteiger charge is 2.14. The Balaban J connectivity index is 1.76. The number of hydrogen-bond acceptors (Lipinski definition) is 3. The predicted octanol–water partition coefficient (Wildman–Crippen LogP) is 3.14. The topological polar surface area (TPSA) is 70.2 Å². The Morgan fingerprint density at radius 1 is 1.00 bits per heavy atom. The lowest BCUT2D eigenvalue weighted by molar-refractivity contribution is -0.119. The summed E-state index contributed by atoms with van der Waals surface area (Å²) in [6.45, 7) is 4.04. The summed E-state index contributed by atoms with van der Waals surface area (Å²) in [7, 11) is 0. The number of benzene rings is 1. The second-order valence-corrected chi connectivity index (χ2v) is 6.49. The zero-order chi connectivity index (χ0) is 16.7. The molecule has 2 amide bonds. The molecule has 1 aliphatic rings. The molecule has 5 heteroatoms. The van der Waals surface area contributed by atoms with E-state index in [1.807, 2.05) is 13.8 Å².